The summed E-state index contributed by atoms with van der Waals surface area (Å²) in [6, 6.07) is 5.99. The minimum atomic E-state index is -0.634. The Hall–Kier alpha value is -2.89. The average molecular weight is 340 g/mol. The van der Waals surface area contributed by atoms with E-state index in [0.717, 1.165) is 24.8 Å². The Kier molecular flexibility index (Phi) is 4.97. The van der Waals surface area contributed by atoms with E-state index in [1.165, 1.54) is 12.3 Å². The van der Waals surface area contributed by atoms with Gasteiger partial charge in [-0.25, -0.2) is 0 Å². The second-order valence-electron chi connectivity index (χ2n) is 5.96. The molecule has 1 unspecified atom stereocenters. The van der Waals surface area contributed by atoms with Crippen LogP contribution in [0.2, 0.25) is 0 Å². The van der Waals surface area contributed by atoms with Crippen LogP contribution >= 0.6 is 0 Å². The van der Waals surface area contributed by atoms with Crippen molar-refractivity contribution in [3.63, 3.8) is 0 Å². The van der Waals surface area contributed by atoms with Gasteiger partial charge in [0.2, 0.25) is 5.78 Å². The molecule has 1 aliphatic rings. The normalized spacial score (nSPS) is 17.4. The minimum absolute atomic E-state index is 0.0580. The quantitative estimate of drug-likeness (QED) is 0.616. The summed E-state index contributed by atoms with van der Waals surface area (Å²) in [5.41, 5.74) is 0.793. The van der Waals surface area contributed by atoms with Gasteiger partial charge in [0.25, 0.3) is 5.91 Å². The number of unbranched alkanes of at least 4 members (excludes halogenated alkanes) is 2. The first-order valence-electron chi connectivity index (χ1n) is 8.37. The predicted molar refractivity (Wildman–Crippen MR) is 90.9 cm³/mol. The molecule has 0 aliphatic carbocycles. The molecule has 2 aromatic rings. The van der Waals surface area contributed by atoms with Gasteiger partial charge in [0.05, 0.1) is 17.9 Å². The van der Waals surface area contributed by atoms with E-state index in [-0.39, 0.29) is 11.3 Å². The number of amides is 1. The number of rotatable bonds is 7. The number of hydrogen-bond donors (Lipinski definition) is 1. The first-order chi connectivity index (χ1) is 12.1. The zero-order chi connectivity index (χ0) is 17.8. The van der Waals surface area contributed by atoms with Gasteiger partial charge in [-0.1, -0.05) is 19.8 Å². The monoisotopic (exact) mass is 340 g/mol. The molecule has 3 heterocycles. The van der Waals surface area contributed by atoms with Gasteiger partial charge in [-0.15, -0.1) is 0 Å². The maximum Gasteiger partial charge on any atom is 0.290 e. The summed E-state index contributed by atoms with van der Waals surface area (Å²) in [6.07, 6.45) is 7.39. The second kappa shape index (κ2) is 7.34. The second-order valence-corrected chi connectivity index (χ2v) is 5.96. The van der Waals surface area contributed by atoms with Crippen LogP contribution in [0.4, 0.5) is 0 Å². The van der Waals surface area contributed by atoms with E-state index in [1.54, 1.807) is 35.5 Å². The summed E-state index contributed by atoms with van der Waals surface area (Å²) >= 11 is 0. The van der Waals surface area contributed by atoms with Gasteiger partial charge in [0.1, 0.15) is 0 Å². The Bertz CT molecular complexity index is 781. The predicted octanol–water partition coefficient (Wildman–Crippen LogP) is 3.44. The molecule has 0 fully saturated rings. The smallest absolute Gasteiger partial charge is 0.290 e. The Morgan fingerprint density at radius 2 is 2.04 bits per heavy atom. The highest BCUT2D eigenvalue weighted by Gasteiger charge is 2.44. The molecule has 3 rings (SSSR count). The maximum absolute atomic E-state index is 12.8. The number of Topliss-reactive ketones (excluding diaryl/α,β-unsaturated/α-hetero) is 1. The van der Waals surface area contributed by atoms with Gasteiger partial charge < -0.3 is 14.4 Å². The Labute approximate surface area is 145 Å². The van der Waals surface area contributed by atoms with Crippen molar-refractivity contribution in [2.24, 2.45) is 0 Å². The highest BCUT2D eigenvalue weighted by Crippen LogP contribution is 2.38. The van der Waals surface area contributed by atoms with Crippen LogP contribution in [0, 0.1) is 0 Å². The van der Waals surface area contributed by atoms with Crippen molar-refractivity contribution in [1.29, 1.82) is 0 Å². The summed E-state index contributed by atoms with van der Waals surface area (Å²) in [4.78, 5) is 30.9. The van der Waals surface area contributed by atoms with Crippen LogP contribution in [0.5, 0.6) is 0 Å². The highest BCUT2D eigenvalue weighted by molar-refractivity contribution is 6.14. The molecule has 0 radical (unpaired) electrons. The zero-order valence-electron chi connectivity index (χ0n) is 14.0. The molecule has 1 atom stereocenters. The van der Waals surface area contributed by atoms with Gasteiger partial charge in [-0.3, -0.25) is 14.6 Å². The third-order valence-corrected chi connectivity index (χ3v) is 4.32. The van der Waals surface area contributed by atoms with Crippen LogP contribution in [-0.2, 0) is 4.79 Å². The molecular formula is C19H20N2O4. The molecule has 6 heteroatoms. The lowest BCUT2D eigenvalue weighted by Crippen LogP contribution is -2.32. The van der Waals surface area contributed by atoms with E-state index < -0.39 is 23.5 Å². The number of aliphatic hydroxyl groups excluding tert-OH is 1. The molecule has 2 aromatic heterocycles. The van der Waals surface area contributed by atoms with Crippen LogP contribution in [0.1, 0.15) is 48.3 Å². The average Bonchev–Trinajstić information content (AvgIpc) is 3.25. The molecule has 0 aromatic carbocycles. The molecule has 25 heavy (non-hydrogen) atoms. The molecule has 1 N–H and O–H groups in total. The molecule has 0 saturated carbocycles. The van der Waals surface area contributed by atoms with Gasteiger partial charge in [0.15, 0.2) is 11.5 Å². The number of hydrogen-bond acceptors (Lipinski definition) is 5. The van der Waals surface area contributed by atoms with Crippen LogP contribution in [0.15, 0.2) is 58.7 Å². The SMILES string of the molecule is CCCCCN1C(=O)C(O)=C(C(=O)c2ccco2)C1c1ccncc1. The van der Waals surface area contributed by atoms with Crippen LogP contribution in [0.3, 0.4) is 0 Å². The first kappa shape index (κ1) is 17.0. The number of pyridine rings is 1. The summed E-state index contributed by atoms with van der Waals surface area (Å²) < 4.78 is 5.17. The summed E-state index contributed by atoms with van der Waals surface area (Å²) in [7, 11) is 0. The van der Waals surface area contributed by atoms with Gasteiger partial charge in [-0.05, 0) is 36.2 Å². The van der Waals surface area contributed by atoms with Crippen molar-refractivity contribution in [3.05, 3.63) is 65.6 Å². The Balaban J connectivity index is 2.01. The lowest BCUT2D eigenvalue weighted by molar-refractivity contribution is -0.129. The first-order valence-corrected chi connectivity index (χ1v) is 8.37. The third kappa shape index (κ3) is 3.20. The van der Waals surface area contributed by atoms with E-state index >= 15 is 0 Å². The molecule has 1 aliphatic heterocycles. The summed E-state index contributed by atoms with van der Waals surface area (Å²) in [5.74, 6) is -1.40. The van der Waals surface area contributed by atoms with Gasteiger partial charge in [-0.2, -0.15) is 0 Å². The van der Waals surface area contributed by atoms with Crippen molar-refractivity contribution >= 4 is 11.7 Å². The van der Waals surface area contributed by atoms with Gasteiger partial charge in [0, 0.05) is 18.9 Å². The van der Waals surface area contributed by atoms with Crippen molar-refractivity contribution in [1.82, 2.24) is 9.88 Å². The fourth-order valence-electron chi connectivity index (χ4n) is 3.08. The largest absolute Gasteiger partial charge is 0.503 e. The van der Waals surface area contributed by atoms with Gasteiger partial charge >= 0.3 is 0 Å². The lowest BCUT2D eigenvalue weighted by atomic mass is 9.95. The van der Waals surface area contributed by atoms with E-state index in [4.69, 9.17) is 4.42 Å². The lowest BCUT2D eigenvalue weighted by Gasteiger charge is -2.26. The number of aliphatic hydroxyl groups is 1. The topological polar surface area (TPSA) is 83.6 Å². The van der Waals surface area contributed by atoms with Crippen molar-refractivity contribution < 1.29 is 19.1 Å². The van der Waals surface area contributed by atoms with E-state index in [9.17, 15) is 14.7 Å². The molecule has 0 saturated heterocycles. The van der Waals surface area contributed by atoms with Crippen molar-refractivity contribution in [3.8, 4) is 0 Å². The third-order valence-electron chi connectivity index (χ3n) is 4.32. The molecule has 0 bridgehead atoms. The number of nitrogens with zero attached hydrogens (tertiary/aromatic N) is 2. The van der Waals surface area contributed by atoms with Crippen LogP contribution in [0.25, 0.3) is 0 Å². The fourth-order valence-corrected chi connectivity index (χ4v) is 3.08. The van der Waals surface area contributed by atoms with Crippen LogP contribution in [-0.4, -0.2) is 33.2 Å². The number of ketones is 1. The summed E-state index contributed by atoms with van der Waals surface area (Å²) in [6.45, 7) is 2.55. The highest BCUT2D eigenvalue weighted by atomic mass is 16.3. The standard InChI is InChI=1S/C19H20N2O4/c1-2-3-4-11-21-16(13-7-9-20-10-8-13)15(18(23)19(21)24)17(22)14-6-5-12-25-14/h5-10,12,16,23H,2-4,11H2,1H3. The maximum atomic E-state index is 12.8. The fraction of sp³-hybridized carbons (Fsp3) is 0.316. The molecule has 6 nitrogen and oxygen atoms in total. The zero-order valence-corrected chi connectivity index (χ0v) is 14.0. The molecule has 1 amide bonds. The Morgan fingerprint density at radius 3 is 2.68 bits per heavy atom. The van der Waals surface area contributed by atoms with E-state index in [1.807, 2.05) is 0 Å². The Morgan fingerprint density at radius 1 is 1.28 bits per heavy atom. The molecule has 0 spiro atoms. The molecular weight excluding hydrogens is 320 g/mol. The number of carbonyl (C=O) groups excluding carboxylic acids is 2. The van der Waals surface area contributed by atoms with E-state index in [2.05, 4.69) is 11.9 Å². The summed E-state index contributed by atoms with van der Waals surface area (Å²) in [5, 5.41) is 10.4. The number of carbonyl (C=O) groups is 2. The number of aromatic nitrogens is 1. The minimum Gasteiger partial charge on any atom is -0.503 e. The van der Waals surface area contributed by atoms with E-state index in [0.29, 0.717) is 6.54 Å². The van der Waals surface area contributed by atoms with Crippen molar-refractivity contribution in [2.45, 2.75) is 32.2 Å². The number of furan rings is 1. The molecule has 130 valence electrons. The van der Waals surface area contributed by atoms with Crippen LogP contribution < -0.4 is 0 Å². The van der Waals surface area contributed by atoms with Crippen molar-refractivity contribution in [2.75, 3.05) is 6.54 Å².